The average molecular weight is 743 g/mol. The monoisotopic (exact) mass is 742 g/mol. The number of hydrogen-bond donors (Lipinski definition) is 3. The van der Waals surface area contributed by atoms with E-state index in [0.29, 0.717) is 23.2 Å². The van der Waals surface area contributed by atoms with E-state index in [1.165, 1.54) is 66.7 Å². The quantitative estimate of drug-likeness (QED) is 0.186. The molecule has 0 spiro atoms. The van der Waals surface area contributed by atoms with Gasteiger partial charge in [0, 0.05) is 54.6 Å². The van der Waals surface area contributed by atoms with E-state index in [1.807, 2.05) is 4.72 Å². The number of nitrogens with one attached hydrogen (secondary N) is 2. The number of fused-ring (bicyclic) bond motifs is 1. The minimum absolute atomic E-state index is 0.0881. The first-order chi connectivity index (χ1) is 25.1. The summed E-state index contributed by atoms with van der Waals surface area (Å²) in [6, 6.07) is 9.62. The lowest BCUT2D eigenvalue weighted by molar-refractivity contribution is -0.139. The first-order valence-corrected chi connectivity index (χ1v) is 17.1. The molecule has 15 nitrogen and oxygen atoms in total. The fraction of sp³-hybridized carbons (Fsp3) is 0.143. The number of sulfonamides is 1. The second kappa shape index (κ2) is 14.1. The van der Waals surface area contributed by atoms with E-state index in [-0.39, 0.29) is 16.8 Å². The van der Waals surface area contributed by atoms with Gasteiger partial charge in [0.05, 0.1) is 40.2 Å². The molecule has 0 saturated heterocycles. The van der Waals surface area contributed by atoms with Gasteiger partial charge >= 0.3 is 11.7 Å². The summed E-state index contributed by atoms with van der Waals surface area (Å²) >= 11 is 0. The van der Waals surface area contributed by atoms with Crippen LogP contribution in [0.4, 0.5) is 14.5 Å². The number of hydrogen-bond acceptors (Lipinski definition) is 10. The Hall–Kier alpha value is -6.69. The van der Waals surface area contributed by atoms with Crippen molar-refractivity contribution >= 4 is 38.5 Å². The molecule has 270 valence electrons. The van der Waals surface area contributed by atoms with Gasteiger partial charge in [0.2, 0.25) is 0 Å². The van der Waals surface area contributed by atoms with Crippen LogP contribution in [0.15, 0.2) is 94.0 Å². The van der Waals surface area contributed by atoms with Gasteiger partial charge in [-0.1, -0.05) is 0 Å². The smallest absolute Gasteiger partial charge is 0.335 e. The molecular formula is C35H28F2N8O7S. The molecule has 5 aromatic heterocycles. The molecule has 0 fully saturated rings. The van der Waals surface area contributed by atoms with Crippen molar-refractivity contribution in [3.8, 4) is 16.8 Å². The summed E-state index contributed by atoms with van der Waals surface area (Å²) in [5, 5.41) is 11.6. The SMILES string of the molecule is Cc1cc(-c2ccc(S(=O)(=O)Nc3cc(F)c(C(=O)N[C@@H](Cc4ccc(-n5c(=O)c6ccncc6n(C)c5=O)cn4)C(=O)O)cc3F)nc2)cc(C)n1. The molecule has 0 radical (unpaired) electrons. The van der Waals surface area contributed by atoms with Crippen LogP contribution >= 0.6 is 0 Å². The largest absolute Gasteiger partial charge is 0.480 e. The molecule has 0 saturated carbocycles. The van der Waals surface area contributed by atoms with E-state index in [1.54, 1.807) is 26.0 Å². The summed E-state index contributed by atoms with van der Waals surface area (Å²) in [4.78, 5) is 67.3. The van der Waals surface area contributed by atoms with Crippen molar-refractivity contribution < 1.29 is 31.9 Å². The Bertz CT molecular complexity index is 2650. The van der Waals surface area contributed by atoms with Crippen molar-refractivity contribution in [2.45, 2.75) is 31.3 Å². The number of aliphatic carboxylic acids is 1. The number of carbonyl (C=O) groups is 2. The lowest BCUT2D eigenvalue weighted by atomic mass is 10.1. The van der Waals surface area contributed by atoms with Crippen LogP contribution in [0.1, 0.15) is 27.4 Å². The Balaban J connectivity index is 1.16. The van der Waals surface area contributed by atoms with Gasteiger partial charge in [0.15, 0.2) is 5.03 Å². The summed E-state index contributed by atoms with van der Waals surface area (Å²) in [6.45, 7) is 3.61. The molecule has 1 atom stereocenters. The van der Waals surface area contributed by atoms with Crippen molar-refractivity contribution in [2.24, 2.45) is 7.05 Å². The molecule has 0 unspecified atom stereocenters. The second-order valence-corrected chi connectivity index (χ2v) is 13.5. The van der Waals surface area contributed by atoms with Crippen LogP contribution < -0.4 is 21.3 Å². The third-order valence-corrected chi connectivity index (χ3v) is 9.41. The average Bonchev–Trinajstić information content (AvgIpc) is 3.12. The van der Waals surface area contributed by atoms with Gasteiger partial charge in [0.25, 0.3) is 21.5 Å². The Morgan fingerprint density at radius 2 is 1.64 bits per heavy atom. The number of pyridine rings is 4. The number of halogens is 2. The highest BCUT2D eigenvalue weighted by Crippen LogP contribution is 2.25. The molecule has 6 rings (SSSR count). The predicted molar refractivity (Wildman–Crippen MR) is 187 cm³/mol. The highest BCUT2D eigenvalue weighted by Gasteiger charge is 2.26. The predicted octanol–water partition coefficient (Wildman–Crippen LogP) is 3.06. The summed E-state index contributed by atoms with van der Waals surface area (Å²) in [6.07, 6.45) is 4.84. The van der Waals surface area contributed by atoms with Crippen molar-refractivity contribution in [1.29, 1.82) is 0 Å². The maximum atomic E-state index is 15.1. The normalized spacial score (nSPS) is 12.0. The molecule has 0 aliphatic carbocycles. The standard InChI is InChI=1S/C35H28F2N8O7S/c1-18-10-21(11-19(2)41-18)20-4-7-31(40-15-20)53(51,52)43-28-14-26(36)25(13-27(28)37)32(46)42-29(34(48)49)12-22-5-6-23(16-39-22)45-33(47)24-8-9-38-17-30(24)44(3)35(45)50/h4-11,13-17,29,43H,12H2,1-3H3,(H,42,46)(H,48,49)/t29-/m0/s1. The van der Waals surface area contributed by atoms with E-state index in [4.69, 9.17) is 0 Å². The molecule has 6 aromatic rings. The number of benzene rings is 1. The number of carboxylic acid groups (broad SMARTS) is 1. The number of aryl methyl sites for hydroxylation is 3. The number of carbonyl (C=O) groups excluding carboxylic acids is 1. The van der Waals surface area contributed by atoms with Gasteiger partial charge in [-0.05, 0) is 67.9 Å². The van der Waals surface area contributed by atoms with Crippen LogP contribution in [0, 0.1) is 25.5 Å². The number of amides is 1. The number of nitrogens with zero attached hydrogens (tertiary/aromatic N) is 6. The fourth-order valence-corrected chi connectivity index (χ4v) is 6.53. The zero-order chi connectivity index (χ0) is 38.2. The highest BCUT2D eigenvalue weighted by molar-refractivity contribution is 7.92. The number of aromatic nitrogens is 6. The third-order valence-electron chi connectivity index (χ3n) is 8.13. The van der Waals surface area contributed by atoms with Crippen LogP contribution in [0.2, 0.25) is 0 Å². The molecule has 0 aliphatic rings. The topological polar surface area (TPSA) is 208 Å². The van der Waals surface area contributed by atoms with E-state index < -0.39 is 73.5 Å². The van der Waals surface area contributed by atoms with Crippen molar-refractivity contribution in [3.05, 3.63) is 135 Å². The molecule has 18 heteroatoms. The number of carboxylic acids is 1. The van der Waals surface area contributed by atoms with Gasteiger partial charge in [-0.25, -0.2) is 27.9 Å². The van der Waals surface area contributed by atoms with Gasteiger partial charge in [-0.15, -0.1) is 0 Å². The maximum absolute atomic E-state index is 15.1. The summed E-state index contributed by atoms with van der Waals surface area (Å²) in [5.74, 6) is -5.51. The molecule has 1 amide bonds. The van der Waals surface area contributed by atoms with E-state index in [2.05, 4.69) is 25.3 Å². The van der Waals surface area contributed by atoms with Crippen molar-refractivity contribution in [3.63, 3.8) is 0 Å². The van der Waals surface area contributed by atoms with Crippen molar-refractivity contribution in [2.75, 3.05) is 4.72 Å². The number of rotatable bonds is 10. The summed E-state index contributed by atoms with van der Waals surface area (Å²) in [7, 11) is -3.04. The lowest BCUT2D eigenvalue weighted by Gasteiger charge is -2.16. The van der Waals surface area contributed by atoms with Crippen molar-refractivity contribution in [1.82, 2.24) is 34.4 Å². The summed E-state index contributed by atoms with van der Waals surface area (Å²) in [5.41, 5.74) is 0.357. The molecule has 1 aromatic carbocycles. The molecule has 0 aliphatic heterocycles. The zero-order valence-corrected chi connectivity index (χ0v) is 28.9. The third kappa shape index (κ3) is 7.38. The Morgan fingerprint density at radius 3 is 2.28 bits per heavy atom. The maximum Gasteiger partial charge on any atom is 0.335 e. The molecule has 53 heavy (non-hydrogen) atoms. The number of anilines is 1. The lowest BCUT2D eigenvalue weighted by Crippen LogP contribution is -2.42. The zero-order valence-electron chi connectivity index (χ0n) is 28.0. The minimum Gasteiger partial charge on any atom is -0.480 e. The minimum atomic E-state index is -4.51. The van der Waals surface area contributed by atoms with Gasteiger partial charge in [-0.3, -0.25) is 33.8 Å². The Morgan fingerprint density at radius 1 is 0.906 bits per heavy atom. The van der Waals surface area contributed by atoms with Crippen LogP contribution in [0.25, 0.3) is 27.7 Å². The van der Waals surface area contributed by atoms with E-state index in [9.17, 15) is 32.7 Å². The van der Waals surface area contributed by atoms with Crippen LogP contribution in [-0.2, 0) is 28.3 Å². The van der Waals surface area contributed by atoms with E-state index in [0.717, 1.165) is 21.5 Å². The molecule has 0 bridgehead atoms. The van der Waals surface area contributed by atoms with Crippen LogP contribution in [0.5, 0.6) is 0 Å². The fourth-order valence-electron chi connectivity index (χ4n) is 5.54. The Kier molecular flexibility index (Phi) is 9.64. The second-order valence-electron chi connectivity index (χ2n) is 11.9. The first-order valence-electron chi connectivity index (χ1n) is 15.6. The van der Waals surface area contributed by atoms with Gasteiger partial charge in [-0.2, -0.15) is 8.42 Å². The Labute approximate surface area is 298 Å². The molecular weight excluding hydrogens is 714 g/mol. The van der Waals surface area contributed by atoms with E-state index >= 15 is 8.78 Å². The molecule has 5 heterocycles. The molecule has 3 N–H and O–H groups in total. The van der Waals surface area contributed by atoms with Gasteiger partial charge in [0.1, 0.15) is 17.7 Å². The summed E-state index contributed by atoms with van der Waals surface area (Å²) < 4.78 is 60.2. The van der Waals surface area contributed by atoms with Gasteiger partial charge < -0.3 is 10.4 Å². The van der Waals surface area contributed by atoms with Crippen LogP contribution in [-0.4, -0.2) is 60.5 Å². The van der Waals surface area contributed by atoms with Crippen LogP contribution in [0.3, 0.4) is 0 Å². The highest BCUT2D eigenvalue weighted by atomic mass is 32.2. The first kappa shape index (κ1) is 36.1.